The second-order valence-corrected chi connectivity index (χ2v) is 8.02. The maximum absolute atomic E-state index is 13.3. The lowest BCUT2D eigenvalue weighted by atomic mass is 9.99. The van der Waals surface area contributed by atoms with Crippen LogP contribution < -0.4 is 4.31 Å². The highest BCUT2D eigenvalue weighted by Crippen LogP contribution is 2.36. The van der Waals surface area contributed by atoms with Gasteiger partial charge >= 0.3 is 0 Å². The fraction of sp³-hybridized carbons (Fsp3) is 0.250. The molecule has 0 bridgehead atoms. The van der Waals surface area contributed by atoms with E-state index >= 15 is 0 Å². The molecule has 3 aromatic rings. The van der Waals surface area contributed by atoms with Gasteiger partial charge in [0.1, 0.15) is 15.9 Å². The molecule has 0 aliphatic carbocycles. The van der Waals surface area contributed by atoms with Gasteiger partial charge in [0.25, 0.3) is 10.0 Å². The molecule has 1 unspecified atom stereocenters. The first-order valence-electron chi connectivity index (χ1n) is 7.42. The number of para-hydroxylation sites is 1. The number of rotatable bonds is 2. The summed E-state index contributed by atoms with van der Waals surface area (Å²) in [5.41, 5.74) is 2.91. The minimum absolute atomic E-state index is 0.0863. The summed E-state index contributed by atoms with van der Waals surface area (Å²) in [5.74, 6) is 0. The summed E-state index contributed by atoms with van der Waals surface area (Å²) in [6.45, 7) is 1.95. The quantitative estimate of drug-likeness (QED) is 0.715. The average Bonchev–Trinajstić information content (AvgIpc) is 3.02. The van der Waals surface area contributed by atoms with Crippen molar-refractivity contribution in [1.82, 2.24) is 8.75 Å². The first-order chi connectivity index (χ1) is 11.1. The van der Waals surface area contributed by atoms with E-state index in [1.54, 1.807) is 22.5 Å². The van der Waals surface area contributed by atoms with Gasteiger partial charge in [0.2, 0.25) is 0 Å². The second-order valence-electron chi connectivity index (χ2n) is 5.71. The fourth-order valence-corrected chi connectivity index (χ4v) is 5.60. The van der Waals surface area contributed by atoms with Crippen molar-refractivity contribution >= 4 is 38.5 Å². The largest absolute Gasteiger partial charge is 0.266 e. The van der Waals surface area contributed by atoms with Crippen LogP contribution in [-0.2, 0) is 16.4 Å². The van der Waals surface area contributed by atoms with Crippen LogP contribution in [0.3, 0.4) is 0 Å². The Hall–Kier alpha value is -1.99. The van der Waals surface area contributed by atoms with Crippen LogP contribution >= 0.6 is 11.7 Å². The monoisotopic (exact) mass is 345 g/mol. The van der Waals surface area contributed by atoms with Gasteiger partial charge in [-0.3, -0.25) is 4.31 Å². The Morgan fingerprint density at radius 1 is 1.13 bits per heavy atom. The smallest absolute Gasteiger partial charge is 0.263 e. The van der Waals surface area contributed by atoms with E-state index in [4.69, 9.17) is 0 Å². The molecule has 1 aromatic heterocycles. The van der Waals surface area contributed by atoms with Crippen LogP contribution in [0.5, 0.6) is 0 Å². The van der Waals surface area contributed by atoms with Gasteiger partial charge in [0.05, 0.1) is 17.4 Å². The molecule has 0 saturated heterocycles. The van der Waals surface area contributed by atoms with Gasteiger partial charge in [-0.05, 0) is 43.5 Å². The number of aromatic nitrogens is 2. The Morgan fingerprint density at radius 3 is 2.83 bits per heavy atom. The zero-order valence-electron chi connectivity index (χ0n) is 12.5. The Kier molecular flexibility index (Phi) is 3.35. The normalized spacial score (nSPS) is 18.1. The summed E-state index contributed by atoms with van der Waals surface area (Å²) in [6.07, 6.45) is 1.70. The number of nitrogens with zero attached hydrogens (tertiary/aromatic N) is 3. The van der Waals surface area contributed by atoms with Crippen LogP contribution in [0.25, 0.3) is 11.0 Å². The molecule has 7 heteroatoms. The van der Waals surface area contributed by atoms with Crippen molar-refractivity contribution in [1.29, 1.82) is 0 Å². The third-order valence-corrected chi connectivity index (χ3v) is 6.75. The molecule has 0 saturated carbocycles. The molecule has 5 nitrogen and oxygen atoms in total. The molecular weight excluding hydrogens is 330 g/mol. The predicted molar refractivity (Wildman–Crippen MR) is 91.3 cm³/mol. The standard InChI is InChI=1S/C16H15N3O2S2/c1-11-9-10-12-5-2-3-7-14(12)19(11)23(20,21)15-8-4-6-13-16(15)18-22-17-13/h2-8,11H,9-10H2,1H3. The van der Waals surface area contributed by atoms with Crippen LogP contribution in [0.15, 0.2) is 47.4 Å². The maximum atomic E-state index is 13.3. The lowest BCUT2D eigenvalue weighted by Crippen LogP contribution is -2.42. The van der Waals surface area contributed by atoms with E-state index in [-0.39, 0.29) is 10.9 Å². The number of hydrogen-bond acceptors (Lipinski definition) is 5. The predicted octanol–water partition coefficient (Wildman–Crippen LogP) is 3.22. The summed E-state index contributed by atoms with van der Waals surface area (Å²) in [5, 5.41) is 0. The number of anilines is 1. The number of hydrogen-bond donors (Lipinski definition) is 0. The van der Waals surface area contributed by atoms with Gasteiger partial charge in [-0.25, -0.2) is 8.42 Å². The Balaban J connectivity index is 1.94. The maximum Gasteiger partial charge on any atom is 0.266 e. The van der Waals surface area contributed by atoms with Crippen molar-refractivity contribution in [2.45, 2.75) is 30.7 Å². The van der Waals surface area contributed by atoms with Gasteiger partial charge in [0.15, 0.2) is 0 Å². The van der Waals surface area contributed by atoms with Crippen molar-refractivity contribution in [3.63, 3.8) is 0 Å². The van der Waals surface area contributed by atoms with E-state index in [0.29, 0.717) is 11.0 Å². The molecule has 1 aliphatic rings. The molecule has 2 aromatic carbocycles. The molecule has 4 rings (SSSR count). The lowest BCUT2D eigenvalue weighted by Gasteiger charge is -2.35. The van der Waals surface area contributed by atoms with Crippen LogP contribution in [0.4, 0.5) is 5.69 Å². The summed E-state index contributed by atoms with van der Waals surface area (Å²) in [6, 6.07) is 12.7. The molecule has 0 spiro atoms. The highest BCUT2D eigenvalue weighted by Gasteiger charge is 2.35. The summed E-state index contributed by atoms with van der Waals surface area (Å²) >= 11 is 1.03. The minimum atomic E-state index is -3.68. The summed E-state index contributed by atoms with van der Waals surface area (Å²) in [7, 11) is -3.68. The van der Waals surface area contributed by atoms with Gasteiger partial charge in [-0.2, -0.15) is 8.75 Å². The summed E-state index contributed by atoms with van der Waals surface area (Å²) < 4.78 is 36.5. The Morgan fingerprint density at radius 2 is 1.96 bits per heavy atom. The van der Waals surface area contributed by atoms with Crippen LogP contribution in [-0.4, -0.2) is 23.2 Å². The third-order valence-electron chi connectivity index (χ3n) is 4.25. The van der Waals surface area contributed by atoms with Crippen LogP contribution in [0.1, 0.15) is 18.9 Å². The van der Waals surface area contributed by atoms with E-state index in [1.165, 1.54) is 0 Å². The number of benzene rings is 2. The van der Waals surface area contributed by atoms with Gasteiger partial charge in [-0.1, -0.05) is 24.3 Å². The van der Waals surface area contributed by atoms with Crippen molar-refractivity contribution in [2.24, 2.45) is 0 Å². The van der Waals surface area contributed by atoms with E-state index < -0.39 is 10.0 Å². The third kappa shape index (κ3) is 2.22. The molecule has 1 atom stereocenters. The molecule has 2 heterocycles. The first-order valence-corrected chi connectivity index (χ1v) is 9.60. The van der Waals surface area contributed by atoms with E-state index in [0.717, 1.165) is 35.8 Å². The van der Waals surface area contributed by atoms with Crippen molar-refractivity contribution in [3.05, 3.63) is 48.0 Å². The molecule has 0 radical (unpaired) electrons. The molecule has 0 N–H and O–H groups in total. The van der Waals surface area contributed by atoms with Crippen LogP contribution in [0, 0.1) is 0 Å². The number of aryl methyl sites for hydroxylation is 1. The number of sulfonamides is 1. The van der Waals surface area contributed by atoms with Gasteiger partial charge < -0.3 is 0 Å². The van der Waals surface area contributed by atoms with Crippen molar-refractivity contribution in [2.75, 3.05) is 4.31 Å². The molecule has 1 aliphatic heterocycles. The van der Waals surface area contributed by atoms with Crippen molar-refractivity contribution < 1.29 is 8.42 Å². The SMILES string of the molecule is CC1CCc2ccccc2N1S(=O)(=O)c1cccc2nsnc12. The topological polar surface area (TPSA) is 63.2 Å². The van der Waals surface area contributed by atoms with E-state index in [2.05, 4.69) is 8.75 Å². The zero-order chi connectivity index (χ0) is 16.0. The highest BCUT2D eigenvalue weighted by molar-refractivity contribution is 7.93. The lowest BCUT2D eigenvalue weighted by molar-refractivity contribution is 0.564. The Bertz CT molecular complexity index is 982. The molecular formula is C16H15N3O2S2. The second kappa shape index (κ2) is 5.28. The summed E-state index contributed by atoms with van der Waals surface area (Å²) in [4.78, 5) is 0.229. The Labute approximate surface area is 139 Å². The van der Waals surface area contributed by atoms with Gasteiger partial charge in [-0.15, -0.1) is 0 Å². The first kappa shape index (κ1) is 14.6. The van der Waals surface area contributed by atoms with Gasteiger partial charge in [0, 0.05) is 6.04 Å². The fourth-order valence-electron chi connectivity index (χ4n) is 3.12. The average molecular weight is 345 g/mol. The minimum Gasteiger partial charge on any atom is -0.263 e. The van der Waals surface area contributed by atoms with Crippen molar-refractivity contribution in [3.8, 4) is 0 Å². The molecule has 0 amide bonds. The molecule has 0 fully saturated rings. The highest BCUT2D eigenvalue weighted by atomic mass is 32.2. The zero-order valence-corrected chi connectivity index (χ0v) is 14.1. The van der Waals surface area contributed by atoms with E-state index in [1.807, 2.05) is 31.2 Å². The molecule has 118 valence electrons. The molecule has 23 heavy (non-hydrogen) atoms. The van der Waals surface area contributed by atoms with E-state index in [9.17, 15) is 8.42 Å². The van der Waals surface area contributed by atoms with Crippen LogP contribution in [0.2, 0.25) is 0 Å². The number of fused-ring (bicyclic) bond motifs is 2.